The summed E-state index contributed by atoms with van der Waals surface area (Å²) in [6.07, 6.45) is 1.56. The minimum atomic E-state index is -0.432. The molecule has 14 heavy (non-hydrogen) atoms. The average Bonchev–Trinajstić information content (AvgIpc) is 2.19. The Morgan fingerprint density at radius 1 is 1.43 bits per heavy atom. The van der Waals surface area contributed by atoms with Crippen molar-refractivity contribution in [3.63, 3.8) is 0 Å². The average molecular weight is 195 g/mol. The first-order valence-corrected chi connectivity index (χ1v) is 5.18. The molecule has 0 bridgehead atoms. The van der Waals surface area contributed by atoms with Crippen LogP contribution in [0, 0.1) is 29.1 Å². The molecule has 0 amide bonds. The molecule has 78 valence electrons. The van der Waals surface area contributed by atoms with E-state index in [0.717, 1.165) is 12.8 Å². The first kappa shape index (κ1) is 11.2. The third-order valence-corrected chi connectivity index (χ3v) is 2.74. The Labute approximate surface area is 85.1 Å². The summed E-state index contributed by atoms with van der Waals surface area (Å²) in [5, 5.41) is 8.90. The highest BCUT2D eigenvalue weighted by Gasteiger charge is 2.30. The van der Waals surface area contributed by atoms with Gasteiger partial charge in [0.25, 0.3) is 0 Å². The molecule has 0 radical (unpaired) electrons. The molecule has 0 spiro atoms. The summed E-state index contributed by atoms with van der Waals surface area (Å²) in [6, 6.07) is 2.11. The summed E-state index contributed by atoms with van der Waals surface area (Å²) in [7, 11) is 0. The Morgan fingerprint density at radius 3 is 2.43 bits per heavy atom. The largest absolute Gasteiger partial charge is 0.381 e. The fraction of sp³-hybridized carbons (Fsp3) is 0.818. The Balaban J connectivity index is 2.58. The van der Waals surface area contributed by atoms with Crippen LogP contribution in [0.25, 0.3) is 0 Å². The molecule has 1 unspecified atom stereocenters. The van der Waals surface area contributed by atoms with Gasteiger partial charge in [-0.2, -0.15) is 5.26 Å². The number of rotatable bonds is 3. The molecule has 0 N–H and O–H groups in total. The van der Waals surface area contributed by atoms with E-state index in [4.69, 9.17) is 10.00 Å². The minimum absolute atomic E-state index is 0.0517. The molecule has 3 nitrogen and oxygen atoms in total. The SMILES string of the molecule is CC(C)C(C#N)C(=O)C1CCOCC1. The standard InChI is InChI=1S/C11H17NO2/c1-8(2)10(7-12)11(13)9-3-5-14-6-4-9/h8-10H,3-6H2,1-2H3. The molecule has 0 aromatic heterocycles. The first-order valence-electron chi connectivity index (χ1n) is 5.18. The number of ketones is 1. The predicted molar refractivity (Wildman–Crippen MR) is 52.5 cm³/mol. The molecule has 0 saturated carbocycles. The second-order valence-corrected chi connectivity index (χ2v) is 4.14. The van der Waals surface area contributed by atoms with Gasteiger partial charge in [0, 0.05) is 19.1 Å². The summed E-state index contributed by atoms with van der Waals surface area (Å²) < 4.78 is 5.19. The molecule has 1 heterocycles. The van der Waals surface area contributed by atoms with Crippen molar-refractivity contribution in [1.29, 1.82) is 5.26 Å². The van der Waals surface area contributed by atoms with Crippen LogP contribution in [0.2, 0.25) is 0 Å². The Morgan fingerprint density at radius 2 is 2.00 bits per heavy atom. The van der Waals surface area contributed by atoms with Gasteiger partial charge in [0.2, 0.25) is 0 Å². The molecular formula is C11H17NO2. The van der Waals surface area contributed by atoms with Gasteiger partial charge >= 0.3 is 0 Å². The van der Waals surface area contributed by atoms with Crippen LogP contribution in [-0.2, 0) is 9.53 Å². The fourth-order valence-corrected chi connectivity index (χ4v) is 1.78. The summed E-state index contributed by atoms with van der Waals surface area (Å²) >= 11 is 0. The maximum absolute atomic E-state index is 11.9. The van der Waals surface area contributed by atoms with Crippen molar-refractivity contribution in [1.82, 2.24) is 0 Å². The van der Waals surface area contributed by atoms with Crippen LogP contribution in [0.15, 0.2) is 0 Å². The number of hydrogen-bond donors (Lipinski definition) is 0. The molecule has 1 atom stereocenters. The quantitative estimate of drug-likeness (QED) is 0.689. The van der Waals surface area contributed by atoms with E-state index in [-0.39, 0.29) is 17.6 Å². The molecule has 1 rings (SSSR count). The van der Waals surface area contributed by atoms with E-state index in [9.17, 15) is 4.79 Å². The predicted octanol–water partition coefficient (Wildman–Crippen LogP) is 1.78. The van der Waals surface area contributed by atoms with Gasteiger partial charge in [-0.25, -0.2) is 0 Å². The van der Waals surface area contributed by atoms with E-state index in [2.05, 4.69) is 6.07 Å². The molecular weight excluding hydrogens is 178 g/mol. The molecule has 0 aromatic carbocycles. The van der Waals surface area contributed by atoms with Gasteiger partial charge in [0.05, 0.1) is 6.07 Å². The van der Waals surface area contributed by atoms with Crippen molar-refractivity contribution in [2.75, 3.05) is 13.2 Å². The number of Topliss-reactive ketones (excluding diaryl/α,β-unsaturated/α-hetero) is 1. The molecule has 0 aromatic rings. The Bertz CT molecular complexity index is 236. The molecule has 1 saturated heterocycles. The van der Waals surface area contributed by atoms with Gasteiger partial charge in [-0.3, -0.25) is 4.79 Å². The third kappa shape index (κ3) is 2.55. The lowest BCUT2D eigenvalue weighted by molar-refractivity contribution is -0.129. The summed E-state index contributed by atoms with van der Waals surface area (Å²) in [4.78, 5) is 11.9. The second kappa shape index (κ2) is 5.11. The third-order valence-electron chi connectivity index (χ3n) is 2.74. The van der Waals surface area contributed by atoms with E-state index in [1.54, 1.807) is 0 Å². The maximum Gasteiger partial charge on any atom is 0.153 e. The maximum atomic E-state index is 11.9. The topological polar surface area (TPSA) is 50.1 Å². The van der Waals surface area contributed by atoms with Gasteiger partial charge in [-0.1, -0.05) is 13.8 Å². The van der Waals surface area contributed by atoms with E-state index in [1.165, 1.54) is 0 Å². The van der Waals surface area contributed by atoms with Crippen molar-refractivity contribution < 1.29 is 9.53 Å². The Hall–Kier alpha value is -0.880. The minimum Gasteiger partial charge on any atom is -0.381 e. The van der Waals surface area contributed by atoms with Crippen LogP contribution in [0.4, 0.5) is 0 Å². The highest BCUT2D eigenvalue weighted by molar-refractivity contribution is 5.85. The van der Waals surface area contributed by atoms with Gasteiger partial charge < -0.3 is 4.74 Å². The zero-order valence-electron chi connectivity index (χ0n) is 8.82. The van der Waals surface area contributed by atoms with E-state index in [1.807, 2.05) is 13.8 Å². The highest BCUT2D eigenvalue weighted by atomic mass is 16.5. The molecule has 1 aliphatic rings. The van der Waals surface area contributed by atoms with E-state index < -0.39 is 5.92 Å². The monoisotopic (exact) mass is 195 g/mol. The normalized spacial score (nSPS) is 20.4. The molecule has 3 heteroatoms. The first-order chi connectivity index (χ1) is 6.66. The fourth-order valence-electron chi connectivity index (χ4n) is 1.78. The zero-order chi connectivity index (χ0) is 10.6. The number of carbonyl (C=O) groups is 1. The second-order valence-electron chi connectivity index (χ2n) is 4.14. The van der Waals surface area contributed by atoms with E-state index in [0.29, 0.717) is 13.2 Å². The van der Waals surface area contributed by atoms with Crippen LogP contribution in [0.3, 0.4) is 0 Å². The van der Waals surface area contributed by atoms with Crippen LogP contribution in [0.1, 0.15) is 26.7 Å². The number of ether oxygens (including phenoxy) is 1. The summed E-state index contributed by atoms with van der Waals surface area (Å²) in [5.41, 5.74) is 0. The number of hydrogen-bond acceptors (Lipinski definition) is 3. The van der Waals surface area contributed by atoms with E-state index >= 15 is 0 Å². The number of carbonyl (C=O) groups excluding carboxylic acids is 1. The van der Waals surface area contributed by atoms with Crippen LogP contribution >= 0.6 is 0 Å². The van der Waals surface area contributed by atoms with Crippen LogP contribution < -0.4 is 0 Å². The van der Waals surface area contributed by atoms with Gasteiger partial charge in [0.1, 0.15) is 5.92 Å². The van der Waals surface area contributed by atoms with Crippen molar-refractivity contribution in [3.8, 4) is 6.07 Å². The number of nitrogens with zero attached hydrogens (tertiary/aromatic N) is 1. The molecule has 1 aliphatic heterocycles. The van der Waals surface area contributed by atoms with Crippen LogP contribution in [-0.4, -0.2) is 19.0 Å². The summed E-state index contributed by atoms with van der Waals surface area (Å²) in [6.45, 7) is 5.16. The molecule has 1 fully saturated rings. The summed E-state index contributed by atoms with van der Waals surface area (Å²) in [5.74, 6) is -0.143. The number of nitriles is 1. The van der Waals surface area contributed by atoms with Gasteiger partial charge in [-0.15, -0.1) is 0 Å². The van der Waals surface area contributed by atoms with Crippen molar-refractivity contribution in [3.05, 3.63) is 0 Å². The van der Waals surface area contributed by atoms with Gasteiger partial charge in [0.15, 0.2) is 5.78 Å². The van der Waals surface area contributed by atoms with Gasteiger partial charge in [-0.05, 0) is 18.8 Å². The lowest BCUT2D eigenvalue weighted by Crippen LogP contribution is -2.30. The molecule has 0 aliphatic carbocycles. The smallest absolute Gasteiger partial charge is 0.153 e. The van der Waals surface area contributed by atoms with Crippen molar-refractivity contribution in [2.45, 2.75) is 26.7 Å². The lowest BCUT2D eigenvalue weighted by Gasteiger charge is -2.23. The van der Waals surface area contributed by atoms with Crippen molar-refractivity contribution >= 4 is 5.78 Å². The van der Waals surface area contributed by atoms with Crippen LogP contribution in [0.5, 0.6) is 0 Å². The zero-order valence-corrected chi connectivity index (χ0v) is 8.82. The lowest BCUT2D eigenvalue weighted by atomic mass is 9.83. The van der Waals surface area contributed by atoms with Crippen molar-refractivity contribution in [2.24, 2.45) is 17.8 Å². The highest BCUT2D eigenvalue weighted by Crippen LogP contribution is 2.23. The Kier molecular flexibility index (Phi) is 4.09.